The lowest BCUT2D eigenvalue weighted by molar-refractivity contribution is -0.134. The molecule has 2 aromatic carbocycles. The number of rotatable bonds is 17. The number of benzene rings is 2. The maximum Gasteiger partial charge on any atom is 0.242 e. The van der Waals surface area contributed by atoms with Gasteiger partial charge in [-0.15, -0.1) is 0 Å². The molecule has 0 bridgehead atoms. The van der Waals surface area contributed by atoms with Gasteiger partial charge in [0.15, 0.2) is 0 Å². The van der Waals surface area contributed by atoms with E-state index in [1.807, 2.05) is 31.2 Å². The SMILES string of the molecule is CCCN(Cc1ncc(-c2ccc(-c3ccc(-c4cnc(CN(CC5(C)CC5)C(=O)CNC(=O)CC)[nH]4)cc3)cc2)[nH]1)C(=O)CNC=O. The number of H-pyrrole nitrogens is 2. The summed E-state index contributed by atoms with van der Waals surface area (Å²) in [5, 5.41) is 5.13. The molecule has 12 heteroatoms. The van der Waals surface area contributed by atoms with Gasteiger partial charge < -0.3 is 30.4 Å². The van der Waals surface area contributed by atoms with Crippen LogP contribution >= 0.6 is 0 Å². The number of aromatic nitrogens is 4. The third-order valence-electron chi connectivity index (χ3n) is 8.63. The number of hydrogen-bond acceptors (Lipinski definition) is 6. The summed E-state index contributed by atoms with van der Waals surface area (Å²) in [6, 6.07) is 16.4. The molecule has 0 spiro atoms. The summed E-state index contributed by atoms with van der Waals surface area (Å²) < 4.78 is 0. The standard InChI is InChI=1S/C36H44N8O4/c1-4-16-43(34(47)19-37-24-45)21-31-38-17-29(41-31)27-10-6-25(7-11-27)26-8-12-28(13-9-26)30-18-39-32(42-30)22-44(23-36(3)14-15-36)35(48)20-40-33(46)5-2/h6-13,17-18,24H,4-5,14-16,19-23H2,1-3H3,(H,37,45)(H,38,41)(H,39,42)(H,40,46). The van der Waals surface area contributed by atoms with E-state index in [1.54, 1.807) is 29.1 Å². The molecule has 2 heterocycles. The minimum Gasteiger partial charge on any atom is -0.350 e. The second-order valence-electron chi connectivity index (χ2n) is 12.6. The first-order valence-electron chi connectivity index (χ1n) is 16.5. The van der Waals surface area contributed by atoms with Crippen LogP contribution in [0.15, 0.2) is 60.9 Å². The average Bonchev–Trinajstić information content (AvgIpc) is 3.43. The molecule has 0 atom stereocenters. The number of nitrogens with one attached hydrogen (secondary N) is 4. The Hall–Kier alpha value is -5.26. The largest absolute Gasteiger partial charge is 0.350 e. The van der Waals surface area contributed by atoms with Crippen LogP contribution in [0.5, 0.6) is 0 Å². The summed E-state index contributed by atoms with van der Waals surface area (Å²) in [6.07, 6.45) is 7.40. The molecule has 4 N–H and O–H groups in total. The molecule has 0 saturated heterocycles. The van der Waals surface area contributed by atoms with E-state index in [0.717, 1.165) is 52.9 Å². The molecule has 0 radical (unpaired) electrons. The number of carbonyl (C=O) groups is 4. The van der Waals surface area contributed by atoms with E-state index in [-0.39, 0.29) is 36.2 Å². The smallest absolute Gasteiger partial charge is 0.242 e. The Kier molecular flexibility index (Phi) is 11.0. The quantitative estimate of drug-likeness (QED) is 0.125. The van der Waals surface area contributed by atoms with E-state index in [1.165, 1.54) is 0 Å². The Morgan fingerprint density at radius 3 is 1.77 bits per heavy atom. The third-order valence-corrected chi connectivity index (χ3v) is 8.63. The lowest BCUT2D eigenvalue weighted by Crippen LogP contribution is -2.42. The van der Waals surface area contributed by atoms with Gasteiger partial charge >= 0.3 is 0 Å². The molecule has 1 aliphatic carbocycles. The summed E-state index contributed by atoms with van der Waals surface area (Å²) in [7, 11) is 0. The lowest BCUT2D eigenvalue weighted by atomic mass is 10.0. The topological polar surface area (TPSA) is 156 Å². The molecule has 12 nitrogen and oxygen atoms in total. The molecule has 0 unspecified atom stereocenters. The number of aromatic amines is 2. The van der Waals surface area contributed by atoms with Gasteiger partial charge in [-0.2, -0.15) is 0 Å². The van der Waals surface area contributed by atoms with Crippen LogP contribution < -0.4 is 10.6 Å². The molecule has 2 aromatic heterocycles. The van der Waals surface area contributed by atoms with Gasteiger partial charge in [0, 0.05) is 19.5 Å². The molecule has 5 rings (SSSR count). The first-order chi connectivity index (χ1) is 23.2. The highest BCUT2D eigenvalue weighted by molar-refractivity contribution is 5.84. The van der Waals surface area contributed by atoms with E-state index in [0.29, 0.717) is 50.7 Å². The molecule has 1 aliphatic rings. The second kappa shape index (κ2) is 15.6. The minimum atomic E-state index is -0.155. The number of nitrogens with zero attached hydrogens (tertiary/aromatic N) is 4. The van der Waals surface area contributed by atoms with Crippen LogP contribution in [0.3, 0.4) is 0 Å². The van der Waals surface area contributed by atoms with E-state index in [9.17, 15) is 19.2 Å². The molecular formula is C36H44N8O4. The van der Waals surface area contributed by atoms with Crippen LogP contribution in [0.4, 0.5) is 0 Å². The Morgan fingerprint density at radius 2 is 1.29 bits per heavy atom. The number of carbonyl (C=O) groups excluding carboxylic acids is 4. The van der Waals surface area contributed by atoms with Gasteiger partial charge in [-0.25, -0.2) is 9.97 Å². The van der Waals surface area contributed by atoms with Crippen LogP contribution in [0.25, 0.3) is 33.6 Å². The van der Waals surface area contributed by atoms with Crippen molar-refractivity contribution < 1.29 is 19.2 Å². The second-order valence-corrected chi connectivity index (χ2v) is 12.6. The van der Waals surface area contributed by atoms with Crippen LogP contribution in [0.1, 0.15) is 58.1 Å². The zero-order chi connectivity index (χ0) is 34.1. The first kappa shape index (κ1) is 34.1. The summed E-state index contributed by atoms with van der Waals surface area (Å²) in [5.74, 6) is 0.973. The van der Waals surface area contributed by atoms with Crippen LogP contribution in [-0.2, 0) is 32.3 Å². The fourth-order valence-corrected chi connectivity index (χ4v) is 5.50. The van der Waals surface area contributed by atoms with Gasteiger partial charge in [0.1, 0.15) is 11.6 Å². The summed E-state index contributed by atoms with van der Waals surface area (Å²) >= 11 is 0. The minimum absolute atomic E-state index is 0.00993. The highest BCUT2D eigenvalue weighted by Gasteiger charge is 2.40. The molecule has 1 saturated carbocycles. The van der Waals surface area contributed by atoms with Gasteiger partial charge in [-0.3, -0.25) is 19.2 Å². The molecular weight excluding hydrogens is 608 g/mol. The van der Waals surface area contributed by atoms with Gasteiger partial charge in [-0.1, -0.05) is 69.3 Å². The van der Waals surface area contributed by atoms with Crippen molar-refractivity contribution in [2.24, 2.45) is 5.41 Å². The van der Waals surface area contributed by atoms with Crippen molar-refractivity contribution in [1.29, 1.82) is 0 Å². The molecule has 0 aliphatic heterocycles. The predicted molar refractivity (Wildman–Crippen MR) is 183 cm³/mol. The number of amides is 4. The van der Waals surface area contributed by atoms with Crippen molar-refractivity contribution >= 4 is 24.1 Å². The van der Waals surface area contributed by atoms with E-state index < -0.39 is 0 Å². The van der Waals surface area contributed by atoms with Gasteiger partial charge in [0.25, 0.3) is 0 Å². The van der Waals surface area contributed by atoms with E-state index >= 15 is 0 Å². The highest BCUT2D eigenvalue weighted by atomic mass is 16.2. The van der Waals surface area contributed by atoms with E-state index in [2.05, 4.69) is 61.8 Å². The Bertz CT molecular complexity index is 1710. The molecule has 4 aromatic rings. The molecule has 1 fully saturated rings. The Balaban J connectivity index is 1.20. The summed E-state index contributed by atoms with van der Waals surface area (Å²) in [6.45, 7) is 7.80. The molecule has 48 heavy (non-hydrogen) atoms. The number of imidazole rings is 2. The fourth-order valence-electron chi connectivity index (χ4n) is 5.50. The monoisotopic (exact) mass is 652 g/mol. The molecule has 252 valence electrons. The average molecular weight is 653 g/mol. The van der Waals surface area contributed by atoms with Crippen molar-refractivity contribution in [2.75, 3.05) is 26.2 Å². The van der Waals surface area contributed by atoms with Crippen LogP contribution in [-0.4, -0.2) is 80.0 Å². The van der Waals surface area contributed by atoms with Crippen LogP contribution in [0, 0.1) is 5.41 Å². The maximum absolute atomic E-state index is 13.0. The Morgan fingerprint density at radius 1 is 0.792 bits per heavy atom. The zero-order valence-corrected chi connectivity index (χ0v) is 27.8. The van der Waals surface area contributed by atoms with Gasteiger partial charge in [0.05, 0.1) is 50.0 Å². The van der Waals surface area contributed by atoms with Crippen LogP contribution in [0.2, 0.25) is 0 Å². The third kappa shape index (κ3) is 8.96. The highest BCUT2D eigenvalue weighted by Crippen LogP contribution is 2.45. The molecule has 4 amide bonds. The van der Waals surface area contributed by atoms with Crippen molar-refractivity contribution in [1.82, 2.24) is 40.4 Å². The lowest BCUT2D eigenvalue weighted by Gasteiger charge is -2.25. The predicted octanol–water partition coefficient (Wildman–Crippen LogP) is 4.27. The van der Waals surface area contributed by atoms with Gasteiger partial charge in [0.2, 0.25) is 24.1 Å². The fraction of sp³-hybridized carbons (Fsp3) is 0.389. The first-order valence-corrected chi connectivity index (χ1v) is 16.5. The zero-order valence-electron chi connectivity index (χ0n) is 27.8. The van der Waals surface area contributed by atoms with Crippen molar-refractivity contribution in [2.45, 2.75) is 59.5 Å². The van der Waals surface area contributed by atoms with Gasteiger partial charge in [-0.05, 0) is 46.9 Å². The van der Waals surface area contributed by atoms with E-state index in [4.69, 9.17) is 0 Å². The number of hydrogen-bond donors (Lipinski definition) is 4. The summed E-state index contributed by atoms with van der Waals surface area (Å²) in [5.41, 5.74) is 5.95. The van der Waals surface area contributed by atoms with Crippen molar-refractivity contribution in [3.63, 3.8) is 0 Å². The maximum atomic E-state index is 13.0. The summed E-state index contributed by atoms with van der Waals surface area (Å²) in [4.78, 5) is 66.9. The van der Waals surface area contributed by atoms with Crippen molar-refractivity contribution in [3.05, 3.63) is 72.6 Å². The van der Waals surface area contributed by atoms with Crippen molar-refractivity contribution in [3.8, 4) is 33.6 Å². The Labute approximate surface area is 280 Å². The normalized spacial score (nSPS) is 13.1.